The van der Waals surface area contributed by atoms with E-state index in [9.17, 15) is 0 Å². The Balaban J connectivity index is 1.49. The molecule has 2 aromatic heterocycles. The van der Waals surface area contributed by atoms with Gasteiger partial charge < -0.3 is 9.67 Å². The molecule has 1 N–H and O–H groups in total. The summed E-state index contributed by atoms with van der Waals surface area (Å²) < 4.78 is 2.11. The van der Waals surface area contributed by atoms with Crippen LogP contribution >= 0.6 is 23.2 Å². The number of aryl methyl sites for hydroxylation is 2. The highest BCUT2D eigenvalue weighted by Gasteiger charge is 2.14. The van der Waals surface area contributed by atoms with Gasteiger partial charge in [0.05, 0.1) is 0 Å². The lowest BCUT2D eigenvalue weighted by Crippen LogP contribution is -2.01. The SMILES string of the molecule is Cc1nc2nc(Cl)nc(Cl)c2n1CCCCCCCCCCCCCCCCO. The first-order valence-electron chi connectivity index (χ1n) is 11.3. The van der Waals surface area contributed by atoms with Crippen LogP contribution in [0.3, 0.4) is 0 Å². The molecule has 0 aliphatic rings. The van der Waals surface area contributed by atoms with Gasteiger partial charge in [-0.1, -0.05) is 88.7 Å². The number of aliphatic hydroxyl groups excluding tert-OH is 1. The van der Waals surface area contributed by atoms with Crippen molar-refractivity contribution in [1.29, 1.82) is 0 Å². The van der Waals surface area contributed by atoms with E-state index in [4.69, 9.17) is 28.3 Å². The van der Waals surface area contributed by atoms with E-state index in [1.54, 1.807) is 0 Å². The Kier molecular flexibility index (Phi) is 11.9. The van der Waals surface area contributed by atoms with Crippen molar-refractivity contribution in [2.75, 3.05) is 6.61 Å². The number of imidazole rings is 1. The zero-order valence-electron chi connectivity index (χ0n) is 17.8. The summed E-state index contributed by atoms with van der Waals surface area (Å²) in [5, 5.41) is 9.28. The van der Waals surface area contributed by atoms with E-state index in [0.717, 1.165) is 30.7 Å². The van der Waals surface area contributed by atoms with Gasteiger partial charge in [-0.25, -0.2) is 9.97 Å². The van der Waals surface area contributed by atoms with Gasteiger partial charge in [0.15, 0.2) is 10.8 Å². The number of hydrogen-bond acceptors (Lipinski definition) is 4. The first-order valence-corrected chi connectivity index (χ1v) is 12.1. The summed E-state index contributed by atoms with van der Waals surface area (Å²) in [5.74, 6) is 0.909. The molecule has 29 heavy (non-hydrogen) atoms. The summed E-state index contributed by atoms with van der Waals surface area (Å²) in [4.78, 5) is 12.7. The summed E-state index contributed by atoms with van der Waals surface area (Å²) >= 11 is 12.1. The molecule has 2 aromatic rings. The third-order valence-corrected chi connectivity index (χ3v) is 5.95. The lowest BCUT2D eigenvalue weighted by molar-refractivity contribution is 0.282. The van der Waals surface area contributed by atoms with Crippen LogP contribution in [0.2, 0.25) is 10.4 Å². The van der Waals surface area contributed by atoms with E-state index in [2.05, 4.69) is 19.5 Å². The van der Waals surface area contributed by atoms with Gasteiger partial charge in [0.1, 0.15) is 11.3 Å². The summed E-state index contributed by atoms with van der Waals surface area (Å²) in [7, 11) is 0. The van der Waals surface area contributed by atoms with E-state index in [-0.39, 0.29) is 5.28 Å². The van der Waals surface area contributed by atoms with Crippen LogP contribution in [0, 0.1) is 6.92 Å². The van der Waals surface area contributed by atoms with Gasteiger partial charge in [0, 0.05) is 13.2 Å². The van der Waals surface area contributed by atoms with Gasteiger partial charge >= 0.3 is 0 Å². The number of rotatable bonds is 16. The highest BCUT2D eigenvalue weighted by atomic mass is 35.5. The van der Waals surface area contributed by atoms with Crippen LogP contribution in [0.15, 0.2) is 0 Å². The maximum atomic E-state index is 8.75. The van der Waals surface area contributed by atoms with E-state index >= 15 is 0 Å². The Morgan fingerprint density at radius 3 is 1.69 bits per heavy atom. The highest BCUT2D eigenvalue weighted by Crippen LogP contribution is 2.24. The third kappa shape index (κ3) is 8.77. The van der Waals surface area contributed by atoms with Crippen LogP contribution < -0.4 is 0 Å². The molecule has 0 aliphatic heterocycles. The minimum absolute atomic E-state index is 0.144. The third-order valence-electron chi connectivity index (χ3n) is 5.51. The number of hydrogen-bond donors (Lipinski definition) is 1. The maximum absolute atomic E-state index is 8.75. The molecule has 164 valence electrons. The predicted octanol–water partition coefficient (Wildman–Crippen LogP) is 6.90. The molecule has 0 amide bonds. The fourth-order valence-corrected chi connectivity index (χ4v) is 4.33. The molecule has 0 radical (unpaired) electrons. The molecule has 0 saturated heterocycles. The number of nitrogens with zero attached hydrogens (tertiary/aromatic N) is 4. The number of fused-ring (bicyclic) bond motifs is 1. The van der Waals surface area contributed by atoms with Gasteiger partial charge in [-0.3, -0.25) is 0 Å². The Hall–Kier alpha value is -0.910. The molecule has 0 saturated carbocycles. The molecule has 0 fully saturated rings. The lowest BCUT2D eigenvalue weighted by Gasteiger charge is -2.07. The number of aromatic nitrogens is 4. The normalized spacial score (nSPS) is 11.6. The van der Waals surface area contributed by atoms with Crippen LogP contribution in [0.25, 0.3) is 11.2 Å². The summed E-state index contributed by atoms with van der Waals surface area (Å²) in [6.07, 6.45) is 17.9. The molecule has 0 atom stereocenters. The second-order valence-electron chi connectivity index (χ2n) is 7.94. The lowest BCUT2D eigenvalue weighted by atomic mass is 10.0. The van der Waals surface area contributed by atoms with Crippen LogP contribution in [0.1, 0.15) is 95.7 Å². The molecular weight excluding hydrogens is 407 g/mol. The van der Waals surface area contributed by atoms with Crippen LogP contribution in [-0.2, 0) is 6.54 Å². The number of unbranched alkanes of at least 4 members (excludes halogenated alkanes) is 13. The molecule has 0 spiro atoms. The summed E-state index contributed by atoms with van der Waals surface area (Å²) in [6, 6.07) is 0. The topological polar surface area (TPSA) is 63.8 Å². The molecule has 0 aliphatic carbocycles. The fourth-order valence-electron chi connectivity index (χ4n) is 3.85. The maximum Gasteiger partial charge on any atom is 0.225 e. The Bertz CT molecular complexity index is 720. The van der Waals surface area contributed by atoms with Gasteiger partial charge in [-0.15, -0.1) is 0 Å². The van der Waals surface area contributed by atoms with Crippen molar-refractivity contribution in [2.45, 2.75) is 103 Å². The average molecular weight is 443 g/mol. The Morgan fingerprint density at radius 2 is 1.17 bits per heavy atom. The molecular formula is C22H36Cl2N4O. The molecule has 2 heterocycles. The van der Waals surface area contributed by atoms with Crippen molar-refractivity contribution in [3.63, 3.8) is 0 Å². The van der Waals surface area contributed by atoms with Gasteiger partial charge in [-0.05, 0) is 31.4 Å². The van der Waals surface area contributed by atoms with Crippen LogP contribution in [0.4, 0.5) is 0 Å². The molecule has 0 unspecified atom stereocenters. The minimum Gasteiger partial charge on any atom is -0.396 e. The first-order chi connectivity index (χ1) is 14.1. The quantitative estimate of drug-likeness (QED) is 0.174. The van der Waals surface area contributed by atoms with Gasteiger partial charge in [-0.2, -0.15) is 4.98 Å². The van der Waals surface area contributed by atoms with Crippen molar-refractivity contribution in [3.8, 4) is 0 Å². The molecule has 2 rings (SSSR count). The van der Waals surface area contributed by atoms with Gasteiger partial charge in [0.2, 0.25) is 5.28 Å². The predicted molar refractivity (Wildman–Crippen MR) is 122 cm³/mol. The van der Waals surface area contributed by atoms with Crippen molar-refractivity contribution in [3.05, 3.63) is 16.3 Å². The molecule has 0 bridgehead atoms. The highest BCUT2D eigenvalue weighted by molar-refractivity contribution is 6.35. The van der Waals surface area contributed by atoms with Gasteiger partial charge in [0.25, 0.3) is 0 Å². The molecule has 5 nitrogen and oxygen atoms in total. The van der Waals surface area contributed by atoms with E-state index < -0.39 is 0 Å². The smallest absolute Gasteiger partial charge is 0.225 e. The first kappa shape index (κ1) is 24.4. The minimum atomic E-state index is 0.144. The second kappa shape index (κ2) is 14.2. The molecule has 0 aromatic carbocycles. The van der Waals surface area contributed by atoms with E-state index in [1.807, 2.05) is 6.92 Å². The van der Waals surface area contributed by atoms with Crippen molar-refractivity contribution in [2.24, 2.45) is 0 Å². The monoisotopic (exact) mass is 442 g/mol. The van der Waals surface area contributed by atoms with Crippen LogP contribution in [0.5, 0.6) is 0 Å². The second-order valence-corrected chi connectivity index (χ2v) is 8.64. The standard InChI is InChI=1S/C22H36Cl2N4O/c1-18-25-21-19(20(23)26-22(24)27-21)28(18)16-14-12-10-8-6-4-2-3-5-7-9-11-13-15-17-29/h29H,2-17H2,1H3. The zero-order chi connectivity index (χ0) is 20.9. The number of halogens is 2. The number of aliphatic hydroxyl groups is 1. The van der Waals surface area contributed by atoms with Crippen molar-refractivity contribution in [1.82, 2.24) is 19.5 Å². The molecule has 7 heteroatoms. The van der Waals surface area contributed by atoms with Crippen molar-refractivity contribution >= 4 is 34.4 Å². The Labute approximate surface area is 185 Å². The van der Waals surface area contributed by atoms with E-state index in [1.165, 1.54) is 77.0 Å². The summed E-state index contributed by atoms with van der Waals surface area (Å²) in [5.41, 5.74) is 1.37. The van der Waals surface area contributed by atoms with Crippen LogP contribution in [-0.4, -0.2) is 31.2 Å². The average Bonchev–Trinajstić information content (AvgIpc) is 3.00. The zero-order valence-corrected chi connectivity index (χ0v) is 19.3. The van der Waals surface area contributed by atoms with Crippen molar-refractivity contribution < 1.29 is 5.11 Å². The largest absolute Gasteiger partial charge is 0.396 e. The Morgan fingerprint density at radius 1 is 0.690 bits per heavy atom. The summed E-state index contributed by atoms with van der Waals surface area (Å²) in [6.45, 7) is 3.21. The fraction of sp³-hybridized carbons (Fsp3) is 0.773. The van der Waals surface area contributed by atoms with E-state index in [0.29, 0.717) is 17.4 Å².